The predicted molar refractivity (Wildman–Crippen MR) is 51.9 cm³/mol. The van der Waals surface area contributed by atoms with Gasteiger partial charge in [-0.25, -0.2) is 0 Å². The van der Waals surface area contributed by atoms with E-state index < -0.39 is 4.45 Å². The third-order valence-corrected chi connectivity index (χ3v) is 3.83. The van der Waals surface area contributed by atoms with Crippen molar-refractivity contribution in [1.82, 2.24) is 0 Å². The fraction of sp³-hybridized carbons (Fsp3) is 1.00. The molecule has 0 spiro atoms. The van der Waals surface area contributed by atoms with Crippen LogP contribution in [-0.2, 0) is 0 Å². The summed E-state index contributed by atoms with van der Waals surface area (Å²) in [5.74, 6) is 0.317. The maximum atomic E-state index is 10.5. The van der Waals surface area contributed by atoms with Crippen LogP contribution in [0, 0.1) is 16.0 Å². The van der Waals surface area contributed by atoms with E-state index in [9.17, 15) is 10.1 Å². The Bertz CT molecular complexity index is 152. The lowest BCUT2D eigenvalue weighted by Crippen LogP contribution is -2.34. The number of alkyl halides is 2. The zero-order chi connectivity index (χ0) is 9.07. The molecule has 0 heterocycles. The lowest BCUT2D eigenvalue weighted by Gasteiger charge is -2.17. The predicted octanol–water partition coefficient (Wildman–Crippen LogP) is 2.80. The fourth-order valence-corrected chi connectivity index (χ4v) is 1.88. The van der Waals surface area contributed by atoms with Gasteiger partial charge in [0.15, 0.2) is 0 Å². The molecule has 0 aromatic rings. The molecule has 0 bridgehead atoms. The Morgan fingerprint density at radius 1 is 1.64 bits per heavy atom. The largest absolute Gasteiger partial charge is 0.284 e. The zero-order valence-corrected chi connectivity index (χ0v) is 9.68. The third kappa shape index (κ3) is 3.51. The normalized spacial score (nSPS) is 16.5. The van der Waals surface area contributed by atoms with Crippen LogP contribution in [0.5, 0.6) is 0 Å². The zero-order valence-electron chi connectivity index (χ0n) is 6.51. The van der Waals surface area contributed by atoms with Crippen LogP contribution in [0.3, 0.4) is 0 Å². The number of halogens is 2. The van der Waals surface area contributed by atoms with E-state index in [1.807, 2.05) is 13.8 Å². The second kappa shape index (κ2) is 4.40. The van der Waals surface area contributed by atoms with Gasteiger partial charge in [-0.2, -0.15) is 0 Å². The second-order valence-corrected chi connectivity index (χ2v) is 4.94. The molecule has 3 nitrogen and oxygen atoms in total. The van der Waals surface area contributed by atoms with Crippen LogP contribution >= 0.6 is 31.9 Å². The van der Waals surface area contributed by atoms with Crippen molar-refractivity contribution >= 4 is 31.9 Å². The SMILES string of the molecule is CC(C)CC(Br)(CBr)[N+](=O)[O-]. The van der Waals surface area contributed by atoms with Crippen molar-refractivity contribution in [1.29, 1.82) is 0 Å². The topological polar surface area (TPSA) is 43.1 Å². The summed E-state index contributed by atoms with van der Waals surface area (Å²) in [7, 11) is 0. The summed E-state index contributed by atoms with van der Waals surface area (Å²) in [6.45, 7) is 3.92. The molecule has 0 rings (SSSR count). The van der Waals surface area contributed by atoms with Gasteiger partial charge in [-0.15, -0.1) is 0 Å². The van der Waals surface area contributed by atoms with Gasteiger partial charge in [0, 0.05) is 27.3 Å². The van der Waals surface area contributed by atoms with E-state index in [0.717, 1.165) is 0 Å². The average Bonchev–Trinajstić information content (AvgIpc) is 1.86. The molecule has 0 aliphatic heterocycles. The molecular weight excluding hydrogens is 278 g/mol. The smallest absolute Gasteiger partial charge is 0.263 e. The molecule has 11 heavy (non-hydrogen) atoms. The first-order valence-corrected chi connectivity index (χ1v) is 5.23. The third-order valence-electron chi connectivity index (χ3n) is 1.25. The van der Waals surface area contributed by atoms with Crippen molar-refractivity contribution in [2.75, 3.05) is 5.33 Å². The van der Waals surface area contributed by atoms with Crippen LogP contribution in [0.1, 0.15) is 20.3 Å². The molecule has 0 saturated heterocycles. The molecular formula is C6H11Br2NO2. The van der Waals surface area contributed by atoms with Gasteiger partial charge < -0.3 is 0 Å². The lowest BCUT2D eigenvalue weighted by molar-refractivity contribution is -0.531. The molecule has 1 unspecified atom stereocenters. The Balaban J connectivity index is 4.22. The Kier molecular flexibility index (Phi) is 4.55. The average molecular weight is 289 g/mol. The van der Waals surface area contributed by atoms with E-state index >= 15 is 0 Å². The van der Waals surface area contributed by atoms with Gasteiger partial charge >= 0.3 is 0 Å². The van der Waals surface area contributed by atoms with Crippen LogP contribution in [-0.4, -0.2) is 14.7 Å². The van der Waals surface area contributed by atoms with Crippen LogP contribution < -0.4 is 0 Å². The first-order valence-electron chi connectivity index (χ1n) is 3.32. The van der Waals surface area contributed by atoms with Crippen LogP contribution in [0.15, 0.2) is 0 Å². The highest BCUT2D eigenvalue weighted by Crippen LogP contribution is 2.29. The molecule has 0 fully saturated rings. The minimum absolute atomic E-state index is 0.290. The second-order valence-electron chi connectivity index (χ2n) is 2.91. The summed E-state index contributed by atoms with van der Waals surface area (Å²) < 4.78 is -0.985. The van der Waals surface area contributed by atoms with Crippen molar-refractivity contribution < 1.29 is 4.92 Å². The van der Waals surface area contributed by atoms with E-state index in [2.05, 4.69) is 31.9 Å². The molecule has 0 radical (unpaired) electrons. The highest BCUT2D eigenvalue weighted by atomic mass is 79.9. The van der Waals surface area contributed by atoms with Crippen LogP contribution in [0.25, 0.3) is 0 Å². The van der Waals surface area contributed by atoms with Gasteiger partial charge in [0.25, 0.3) is 4.45 Å². The van der Waals surface area contributed by atoms with Gasteiger partial charge in [0.2, 0.25) is 0 Å². The Hall–Kier alpha value is 0.360. The number of hydrogen-bond donors (Lipinski definition) is 0. The van der Waals surface area contributed by atoms with Gasteiger partial charge in [-0.05, 0) is 5.92 Å². The maximum Gasteiger partial charge on any atom is 0.284 e. The van der Waals surface area contributed by atoms with Crippen molar-refractivity contribution in [3.63, 3.8) is 0 Å². The lowest BCUT2D eigenvalue weighted by atomic mass is 10.1. The van der Waals surface area contributed by atoms with Gasteiger partial charge in [0.05, 0.1) is 5.33 Å². The number of nitrogens with zero attached hydrogens (tertiary/aromatic N) is 1. The molecule has 0 N–H and O–H groups in total. The molecule has 0 aliphatic carbocycles. The minimum Gasteiger partial charge on any atom is -0.263 e. The first kappa shape index (κ1) is 11.4. The van der Waals surface area contributed by atoms with Crippen molar-refractivity contribution in [2.24, 2.45) is 5.92 Å². The molecule has 5 heteroatoms. The van der Waals surface area contributed by atoms with E-state index in [-0.39, 0.29) is 4.92 Å². The molecule has 66 valence electrons. The van der Waals surface area contributed by atoms with E-state index in [1.54, 1.807) is 0 Å². The van der Waals surface area contributed by atoms with Gasteiger partial charge in [-0.1, -0.05) is 29.8 Å². The first-order chi connectivity index (χ1) is 4.92. The van der Waals surface area contributed by atoms with Crippen molar-refractivity contribution in [3.8, 4) is 0 Å². The van der Waals surface area contributed by atoms with E-state index in [1.165, 1.54) is 0 Å². The van der Waals surface area contributed by atoms with E-state index in [4.69, 9.17) is 0 Å². The Morgan fingerprint density at radius 3 is 2.18 bits per heavy atom. The highest BCUT2D eigenvalue weighted by Gasteiger charge is 2.38. The fourth-order valence-electron chi connectivity index (χ4n) is 0.803. The Morgan fingerprint density at radius 2 is 2.09 bits per heavy atom. The summed E-state index contributed by atoms with van der Waals surface area (Å²) in [4.78, 5) is 10.2. The molecule has 1 atom stereocenters. The maximum absolute atomic E-state index is 10.5. The molecule has 0 amide bonds. The van der Waals surface area contributed by atoms with Gasteiger partial charge in [0.1, 0.15) is 0 Å². The van der Waals surface area contributed by atoms with Crippen LogP contribution in [0.4, 0.5) is 0 Å². The standard InChI is InChI=1S/C6H11Br2NO2/c1-5(2)3-6(8,4-7)9(10)11/h5H,3-4H2,1-2H3. The number of hydrogen-bond acceptors (Lipinski definition) is 2. The summed E-state index contributed by atoms with van der Waals surface area (Å²) >= 11 is 6.22. The number of rotatable bonds is 4. The molecule has 0 aliphatic rings. The molecule has 0 aromatic carbocycles. The van der Waals surface area contributed by atoms with Crippen molar-refractivity contribution in [2.45, 2.75) is 24.7 Å². The molecule has 0 saturated carbocycles. The molecule has 0 aromatic heterocycles. The quantitative estimate of drug-likeness (QED) is 0.345. The monoisotopic (exact) mass is 287 g/mol. The highest BCUT2D eigenvalue weighted by molar-refractivity contribution is 9.12. The Labute approximate surface area is 83.0 Å². The summed E-state index contributed by atoms with van der Waals surface area (Å²) in [6, 6.07) is 0. The van der Waals surface area contributed by atoms with E-state index in [0.29, 0.717) is 17.7 Å². The summed E-state index contributed by atoms with van der Waals surface area (Å²) in [6.07, 6.45) is 0.533. The van der Waals surface area contributed by atoms with Crippen LogP contribution in [0.2, 0.25) is 0 Å². The minimum atomic E-state index is -0.985. The number of nitro groups is 1. The van der Waals surface area contributed by atoms with Gasteiger partial charge in [-0.3, -0.25) is 10.1 Å². The van der Waals surface area contributed by atoms with Crippen molar-refractivity contribution in [3.05, 3.63) is 10.1 Å². The summed E-state index contributed by atoms with van der Waals surface area (Å²) in [5, 5.41) is 10.9. The summed E-state index contributed by atoms with van der Waals surface area (Å²) in [5.41, 5.74) is 0.